The summed E-state index contributed by atoms with van der Waals surface area (Å²) in [5.41, 5.74) is 2.31. The summed E-state index contributed by atoms with van der Waals surface area (Å²) in [6.45, 7) is 0.345. The average Bonchev–Trinajstić information content (AvgIpc) is 2.40. The SMILES string of the molecule is [C]1=Cc2cc3c(cc21)OCO3. The van der Waals surface area contributed by atoms with Gasteiger partial charge in [0.2, 0.25) is 6.79 Å². The molecule has 2 nitrogen and oxygen atoms in total. The second kappa shape index (κ2) is 1.59. The van der Waals surface area contributed by atoms with Crippen molar-refractivity contribution in [3.8, 4) is 11.5 Å². The van der Waals surface area contributed by atoms with Crippen LogP contribution in [0, 0.1) is 6.08 Å². The summed E-state index contributed by atoms with van der Waals surface area (Å²) in [5.74, 6) is 1.69. The lowest BCUT2D eigenvalue weighted by Gasteiger charge is -2.09. The normalized spacial score (nSPS) is 16.0. The number of hydrogen-bond acceptors (Lipinski definition) is 2. The number of rotatable bonds is 0. The Morgan fingerprint density at radius 2 is 2.00 bits per heavy atom. The highest BCUT2D eigenvalue weighted by atomic mass is 16.7. The highest BCUT2D eigenvalue weighted by Gasteiger charge is 2.17. The molecule has 0 unspecified atom stereocenters. The van der Waals surface area contributed by atoms with Gasteiger partial charge in [0.15, 0.2) is 11.5 Å². The minimum Gasteiger partial charge on any atom is -0.454 e. The predicted molar refractivity (Wildman–Crippen MR) is 39.4 cm³/mol. The summed E-state index contributed by atoms with van der Waals surface area (Å²) >= 11 is 0. The summed E-state index contributed by atoms with van der Waals surface area (Å²) < 4.78 is 10.4. The fraction of sp³-hybridized carbons (Fsp3) is 0.111. The molecule has 1 aromatic rings. The monoisotopic (exact) mass is 145 g/mol. The maximum Gasteiger partial charge on any atom is 0.231 e. The molecule has 2 heteroatoms. The second-order valence-corrected chi connectivity index (χ2v) is 2.58. The van der Waals surface area contributed by atoms with E-state index in [0.29, 0.717) is 6.79 Å². The molecule has 1 radical (unpaired) electrons. The van der Waals surface area contributed by atoms with E-state index in [1.54, 1.807) is 0 Å². The van der Waals surface area contributed by atoms with Crippen molar-refractivity contribution in [2.45, 2.75) is 0 Å². The summed E-state index contributed by atoms with van der Waals surface area (Å²) in [7, 11) is 0. The van der Waals surface area contributed by atoms with E-state index < -0.39 is 0 Å². The Labute approximate surface area is 64.1 Å². The fourth-order valence-electron chi connectivity index (χ4n) is 1.28. The van der Waals surface area contributed by atoms with E-state index in [9.17, 15) is 0 Å². The molecular formula is C9H5O2. The van der Waals surface area contributed by atoms with Gasteiger partial charge in [-0.25, -0.2) is 0 Å². The maximum atomic E-state index is 5.20. The lowest BCUT2D eigenvalue weighted by Crippen LogP contribution is -1.92. The van der Waals surface area contributed by atoms with Gasteiger partial charge < -0.3 is 9.47 Å². The minimum absolute atomic E-state index is 0.345. The first kappa shape index (κ1) is 5.24. The van der Waals surface area contributed by atoms with Crippen LogP contribution in [0.1, 0.15) is 11.1 Å². The summed E-state index contributed by atoms with van der Waals surface area (Å²) in [6.07, 6.45) is 5.00. The largest absolute Gasteiger partial charge is 0.454 e. The molecule has 0 saturated heterocycles. The van der Waals surface area contributed by atoms with E-state index in [1.807, 2.05) is 18.2 Å². The molecule has 3 rings (SSSR count). The molecule has 0 atom stereocenters. The van der Waals surface area contributed by atoms with E-state index in [0.717, 1.165) is 17.1 Å². The van der Waals surface area contributed by atoms with Crippen molar-refractivity contribution >= 4 is 6.08 Å². The topological polar surface area (TPSA) is 18.5 Å². The molecule has 1 aromatic carbocycles. The number of hydrogen-bond donors (Lipinski definition) is 0. The van der Waals surface area contributed by atoms with Gasteiger partial charge in [0.1, 0.15) is 0 Å². The van der Waals surface area contributed by atoms with Crippen molar-refractivity contribution in [1.82, 2.24) is 0 Å². The van der Waals surface area contributed by atoms with Gasteiger partial charge in [-0.05, 0) is 35.4 Å². The Morgan fingerprint density at radius 1 is 1.18 bits per heavy atom. The third-order valence-electron chi connectivity index (χ3n) is 1.93. The summed E-state index contributed by atoms with van der Waals surface area (Å²) in [5, 5.41) is 0. The summed E-state index contributed by atoms with van der Waals surface area (Å²) in [4.78, 5) is 0. The van der Waals surface area contributed by atoms with Crippen molar-refractivity contribution < 1.29 is 9.47 Å². The first-order valence-electron chi connectivity index (χ1n) is 3.47. The number of benzene rings is 1. The zero-order valence-electron chi connectivity index (χ0n) is 5.76. The summed E-state index contributed by atoms with van der Waals surface area (Å²) in [6, 6.07) is 3.94. The first-order chi connectivity index (χ1) is 5.43. The van der Waals surface area contributed by atoms with Crippen LogP contribution in [0.3, 0.4) is 0 Å². The molecule has 0 bridgehead atoms. The maximum absolute atomic E-state index is 5.20. The fourth-order valence-corrected chi connectivity index (χ4v) is 1.28. The van der Waals surface area contributed by atoms with Crippen LogP contribution in [0.25, 0.3) is 6.08 Å². The van der Waals surface area contributed by atoms with E-state index in [2.05, 4.69) is 6.08 Å². The van der Waals surface area contributed by atoms with Crippen molar-refractivity contribution in [3.05, 3.63) is 29.3 Å². The van der Waals surface area contributed by atoms with Crippen molar-refractivity contribution in [2.75, 3.05) is 6.79 Å². The van der Waals surface area contributed by atoms with E-state index in [-0.39, 0.29) is 0 Å². The van der Waals surface area contributed by atoms with Crippen LogP contribution in [0.2, 0.25) is 0 Å². The first-order valence-corrected chi connectivity index (χ1v) is 3.47. The molecule has 0 fully saturated rings. The van der Waals surface area contributed by atoms with Crippen LogP contribution in [0.4, 0.5) is 0 Å². The minimum atomic E-state index is 0.345. The molecule has 0 saturated carbocycles. The molecule has 1 heterocycles. The van der Waals surface area contributed by atoms with Gasteiger partial charge in [0.05, 0.1) is 0 Å². The van der Waals surface area contributed by atoms with Crippen LogP contribution in [0.15, 0.2) is 12.1 Å². The van der Waals surface area contributed by atoms with Crippen LogP contribution < -0.4 is 9.47 Å². The molecule has 0 spiro atoms. The average molecular weight is 145 g/mol. The Morgan fingerprint density at radius 3 is 2.73 bits per heavy atom. The predicted octanol–water partition coefficient (Wildman–Crippen LogP) is 1.59. The molecule has 53 valence electrons. The standard InChI is InChI=1S/C9H5O2/c1-2-7-4-9-8(3-6(1)7)10-5-11-9/h1,3-4H,5H2. The van der Waals surface area contributed by atoms with Gasteiger partial charge in [-0.1, -0.05) is 0 Å². The molecule has 0 N–H and O–H groups in total. The van der Waals surface area contributed by atoms with Crippen LogP contribution in [-0.4, -0.2) is 6.79 Å². The molecule has 1 aliphatic carbocycles. The quantitative estimate of drug-likeness (QED) is 0.560. The van der Waals surface area contributed by atoms with Gasteiger partial charge >= 0.3 is 0 Å². The molecule has 1 aliphatic heterocycles. The second-order valence-electron chi connectivity index (χ2n) is 2.58. The van der Waals surface area contributed by atoms with Crippen molar-refractivity contribution in [3.63, 3.8) is 0 Å². The molecular weight excluding hydrogens is 140 g/mol. The smallest absolute Gasteiger partial charge is 0.231 e. The van der Waals surface area contributed by atoms with Gasteiger partial charge in [-0.3, -0.25) is 0 Å². The third-order valence-corrected chi connectivity index (χ3v) is 1.93. The van der Waals surface area contributed by atoms with Crippen LogP contribution >= 0.6 is 0 Å². The molecule has 0 amide bonds. The van der Waals surface area contributed by atoms with Crippen molar-refractivity contribution in [2.24, 2.45) is 0 Å². The lowest BCUT2D eigenvalue weighted by molar-refractivity contribution is 0.174. The van der Waals surface area contributed by atoms with Crippen LogP contribution in [0.5, 0.6) is 11.5 Å². The van der Waals surface area contributed by atoms with Gasteiger partial charge in [0, 0.05) is 0 Å². The highest BCUT2D eigenvalue weighted by molar-refractivity contribution is 5.70. The van der Waals surface area contributed by atoms with E-state index in [1.165, 1.54) is 5.56 Å². The molecule has 2 aliphatic rings. The zero-order valence-corrected chi connectivity index (χ0v) is 5.76. The van der Waals surface area contributed by atoms with Crippen molar-refractivity contribution in [1.29, 1.82) is 0 Å². The van der Waals surface area contributed by atoms with Gasteiger partial charge in [-0.2, -0.15) is 0 Å². The molecule has 0 aromatic heterocycles. The highest BCUT2D eigenvalue weighted by Crippen LogP contribution is 2.37. The van der Waals surface area contributed by atoms with Crippen LogP contribution in [-0.2, 0) is 0 Å². The number of fused-ring (bicyclic) bond motifs is 2. The van der Waals surface area contributed by atoms with Gasteiger partial charge in [0.25, 0.3) is 0 Å². The van der Waals surface area contributed by atoms with E-state index in [4.69, 9.17) is 9.47 Å². The Hall–Kier alpha value is -1.44. The Bertz CT molecular complexity index is 320. The Balaban J connectivity index is 2.26. The Kier molecular flexibility index (Phi) is 0.756. The zero-order chi connectivity index (χ0) is 7.26. The number of ether oxygens (including phenoxy) is 2. The van der Waals surface area contributed by atoms with Gasteiger partial charge in [-0.15, -0.1) is 0 Å². The lowest BCUT2D eigenvalue weighted by atomic mass is 9.97. The third kappa shape index (κ3) is 0.564. The van der Waals surface area contributed by atoms with E-state index >= 15 is 0 Å². The molecule has 11 heavy (non-hydrogen) atoms.